The quantitative estimate of drug-likeness (QED) is 0.837. The number of halogens is 2. The van der Waals surface area contributed by atoms with Crippen LogP contribution in [0.15, 0.2) is 40.8 Å². The first-order chi connectivity index (χ1) is 12.5. The highest BCUT2D eigenvalue weighted by Gasteiger charge is 2.28. The number of para-hydroxylation sites is 1. The molecule has 6 nitrogen and oxygen atoms in total. The summed E-state index contributed by atoms with van der Waals surface area (Å²) in [4.78, 5) is 28.1. The maximum atomic E-state index is 12.6. The van der Waals surface area contributed by atoms with E-state index >= 15 is 0 Å². The number of nitrogens with zero attached hydrogens (tertiary/aromatic N) is 2. The van der Waals surface area contributed by atoms with Gasteiger partial charge in [0.1, 0.15) is 11.5 Å². The average molecular weight is 364 g/mol. The number of piperazine rings is 1. The van der Waals surface area contributed by atoms with Crippen LogP contribution in [0.1, 0.15) is 26.7 Å². The van der Waals surface area contributed by atoms with Crippen LogP contribution in [0.2, 0.25) is 0 Å². The third-order valence-corrected chi connectivity index (χ3v) is 4.14. The van der Waals surface area contributed by atoms with Gasteiger partial charge in [0.05, 0.1) is 5.56 Å². The first-order valence-corrected chi connectivity index (χ1v) is 8.14. The third kappa shape index (κ3) is 3.84. The Morgan fingerprint density at radius 2 is 1.62 bits per heavy atom. The summed E-state index contributed by atoms with van der Waals surface area (Å²) in [6.07, 6.45) is 0. The van der Waals surface area contributed by atoms with Gasteiger partial charge in [-0.1, -0.05) is 12.1 Å². The number of carbonyl (C=O) groups is 2. The lowest BCUT2D eigenvalue weighted by molar-refractivity contribution is -0.0503. The highest BCUT2D eigenvalue weighted by molar-refractivity contribution is 5.97. The predicted molar refractivity (Wildman–Crippen MR) is 88.3 cm³/mol. The van der Waals surface area contributed by atoms with E-state index in [0.29, 0.717) is 31.9 Å². The molecule has 1 saturated heterocycles. The van der Waals surface area contributed by atoms with Gasteiger partial charge in [0.15, 0.2) is 5.76 Å². The molecule has 3 rings (SSSR count). The van der Waals surface area contributed by atoms with E-state index in [0.717, 1.165) is 0 Å². The van der Waals surface area contributed by atoms with E-state index in [4.69, 9.17) is 4.42 Å². The van der Waals surface area contributed by atoms with Crippen LogP contribution in [0, 0.1) is 6.92 Å². The van der Waals surface area contributed by atoms with Crippen molar-refractivity contribution >= 4 is 11.8 Å². The Morgan fingerprint density at radius 3 is 2.19 bits per heavy atom. The number of amides is 2. The summed E-state index contributed by atoms with van der Waals surface area (Å²) in [6.45, 7) is 0.0206. The Balaban J connectivity index is 1.65. The number of furan rings is 1. The van der Waals surface area contributed by atoms with Crippen molar-refractivity contribution in [3.8, 4) is 5.75 Å². The van der Waals surface area contributed by atoms with Crippen molar-refractivity contribution in [2.24, 2.45) is 0 Å². The summed E-state index contributed by atoms with van der Waals surface area (Å²) in [6, 6.07) is 9.22. The molecule has 1 aromatic carbocycles. The smallest absolute Gasteiger partial charge is 0.387 e. The zero-order valence-electron chi connectivity index (χ0n) is 14.2. The minimum atomic E-state index is -3.00. The number of benzene rings is 1. The second-order valence-electron chi connectivity index (χ2n) is 5.87. The van der Waals surface area contributed by atoms with Gasteiger partial charge in [0.25, 0.3) is 11.8 Å². The topological polar surface area (TPSA) is 63.0 Å². The van der Waals surface area contributed by atoms with Gasteiger partial charge in [-0.25, -0.2) is 0 Å². The number of aryl methyl sites for hydroxylation is 1. The van der Waals surface area contributed by atoms with Crippen LogP contribution < -0.4 is 4.74 Å². The monoisotopic (exact) mass is 364 g/mol. The number of carbonyl (C=O) groups excluding carboxylic acids is 2. The van der Waals surface area contributed by atoms with Crippen molar-refractivity contribution in [1.29, 1.82) is 0 Å². The van der Waals surface area contributed by atoms with Crippen LogP contribution in [-0.4, -0.2) is 54.4 Å². The summed E-state index contributed by atoms with van der Waals surface area (Å²) < 4.78 is 34.8. The van der Waals surface area contributed by atoms with Gasteiger partial charge in [-0.2, -0.15) is 8.78 Å². The van der Waals surface area contributed by atoms with Crippen molar-refractivity contribution in [3.05, 3.63) is 53.5 Å². The van der Waals surface area contributed by atoms with Crippen LogP contribution >= 0.6 is 0 Å². The van der Waals surface area contributed by atoms with E-state index in [-0.39, 0.29) is 23.0 Å². The Morgan fingerprint density at radius 1 is 1.00 bits per heavy atom. The molecule has 2 heterocycles. The van der Waals surface area contributed by atoms with Crippen LogP contribution in [0.4, 0.5) is 8.78 Å². The highest BCUT2D eigenvalue weighted by Crippen LogP contribution is 2.23. The molecular formula is C18H18F2N2O4. The minimum Gasteiger partial charge on any atom is -0.456 e. The molecule has 0 aliphatic carbocycles. The van der Waals surface area contributed by atoms with Gasteiger partial charge in [0.2, 0.25) is 0 Å². The Bertz CT molecular complexity index is 798. The van der Waals surface area contributed by atoms with E-state index < -0.39 is 12.5 Å². The summed E-state index contributed by atoms with van der Waals surface area (Å²) in [5, 5.41) is 0. The fraction of sp³-hybridized carbons (Fsp3) is 0.333. The molecule has 8 heteroatoms. The minimum absolute atomic E-state index is 0.0780. The van der Waals surface area contributed by atoms with Gasteiger partial charge >= 0.3 is 6.61 Å². The highest BCUT2D eigenvalue weighted by atomic mass is 19.3. The lowest BCUT2D eigenvalue weighted by Crippen LogP contribution is -2.50. The summed E-state index contributed by atoms with van der Waals surface area (Å²) in [5.74, 6) is 0.127. The lowest BCUT2D eigenvalue weighted by atomic mass is 10.1. The first kappa shape index (κ1) is 17.9. The molecule has 2 amide bonds. The molecule has 0 unspecified atom stereocenters. The third-order valence-electron chi connectivity index (χ3n) is 4.14. The van der Waals surface area contributed by atoms with Crippen LogP contribution in [0.5, 0.6) is 5.75 Å². The summed E-state index contributed by atoms with van der Waals surface area (Å²) in [7, 11) is 0. The lowest BCUT2D eigenvalue weighted by Gasteiger charge is -2.34. The van der Waals surface area contributed by atoms with Gasteiger partial charge in [-0.3, -0.25) is 9.59 Å². The zero-order valence-corrected chi connectivity index (χ0v) is 14.2. The number of hydrogen-bond donors (Lipinski definition) is 0. The van der Waals surface area contributed by atoms with Crippen molar-refractivity contribution in [3.63, 3.8) is 0 Å². The molecule has 1 aromatic heterocycles. The molecule has 0 radical (unpaired) electrons. The number of hydrogen-bond acceptors (Lipinski definition) is 4. The van der Waals surface area contributed by atoms with Gasteiger partial charge in [-0.15, -0.1) is 0 Å². The zero-order chi connectivity index (χ0) is 18.7. The molecule has 0 saturated carbocycles. The first-order valence-electron chi connectivity index (χ1n) is 8.14. The van der Waals surface area contributed by atoms with Gasteiger partial charge in [-0.05, 0) is 31.2 Å². The molecule has 26 heavy (non-hydrogen) atoms. The van der Waals surface area contributed by atoms with Gasteiger partial charge < -0.3 is 19.0 Å². The van der Waals surface area contributed by atoms with E-state index in [9.17, 15) is 18.4 Å². The van der Waals surface area contributed by atoms with Crippen LogP contribution in [-0.2, 0) is 0 Å². The van der Waals surface area contributed by atoms with E-state index in [2.05, 4.69) is 4.74 Å². The fourth-order valence-corrected chi connectivity index (χ4v) is 2.83. The molecule has 0 spiro atoms. The Kier molecular flexibility index (Phi) is 5.20. The van der Waals surface area contributed by atoms with Crippen LogP contribution in [0.3, 0.4) is 0 Å². The standard InChI is InChI=1S/C18H18F2N2O4/c1-12-6-7-15(25-12)17(24)22-10-8-21(9-11-22)16(23)13-4-2-3-5-14(13)26-18(19)20/h2-7,18H,8-11H2,1H3. The number of ether oxygens (including phenoxy) is 1. The number of alkyl halides is 2. The molecule has 0 bridgehead atoms. The second kappa shape index (κ2) is 7.55. The van der Waals surface area contributed by atoms with E-state index in [1.807, 2.05) is 0 Å². The molecule has 2 aromatic rings. The predicted octanol–water partition coefficient (Wildman–Crippen LogP) is 2.79. The summed E-state index contributed by atoms with van der Waals surface area (Å²) in [5.41, 5.74) is 0.0780. The van der Waals surface area contributed by atoms with Crippen molar-refractivity contribution in [1.82, 2.24) is 9.80 Å². The number of rotatable bonds is 4. The average Bonchev–Trinajstić information content (AvgIpc) is 3.07. The van der Waals surface area contributed by atoms with E-state index in [1.54, 1.807) is 30.0 Å². The van der Waals surface area contributed by atoms with E-state index in [1.165, 1.54) is 23.1 Å². The second-order valence-corrected chi connectivity index (χ2v) is 5.87. The molecule has 1 aliphatic rings. The normalized spacial score (nSPS) is 14.6. The molecule has 138 valence electrons. The van der Waals surface area contributed by atoms with Crippen molar-refractivity contribution in [2.45, 2.75) is 13.5 Å². The maximum Gasteiger partial charge on any atom is 0.387 e. The Hall–Kier alpha value is -2.90. The van der Waals surface area contributed by atoms with Crippen LogP contribution in [0.25, 0.3) is 0 Å². The summed E-state index contributed by atoms with van der Waals surface area (Å²) >= 11 is 0. The largest absolute Gasteiger partial charge is 0.456 e. The van der Waals surface area contributed by atoms with Gasteiger partial charge in [0, 0.05) is 26.2 Å². The fourth-order valence-electron chi connectivity index (χ4n) is 2.83. The van der Waals surface area contributed by atoms with Crippen molar-refractivity contribution < 1.29 is 27.5 Å². The molecule has 1 fully saturated rings. The molecular weight excluding hydrogens is 346 g/mol. The molecule has 0 atom stereocenters. The molecule has 0 N–H and O–H groups in total. The van der Waals surface area contributed by atoms with Crippen molar-refractivity contribution in [2.75, 3.05) is 26.2 Å². The maximum absolute atomic E-state index is 12.6. The SMILES string of the molecule is Cc1ccc(C(=O)N2CCN(C(=O)c3ccccc3OC(F)F)CC2)o1. The molecule has 1 aliphatic heterocycles. The Labute approximate surface area is 148 Å².